The van der Waals surface area contributed by atoms with Gasteiger partial charge in [-0.15, -0.1) is 0 Å². The fraction of sp³-hybridized carbons (Fsp3) is 0. The van der Waals surface area contributed by atoms with Crippen LogP contribution in [0.25, 0.3) is 10.8 Å². The monoisotopic (exact) mass is 534 g/mol. The molecular weight excluding hydrogens is 529 g/mol. The fourth-order valence-corrected chi connectivity index (χ4v) is 3.99. The molecule has 0 radical (unpaired) electrons. The largest absolute Gasteiger partial charge is 0.298 e. The molecule has 76 valence electrons. The Kier molecular flexibility index (Phi) is 3.87. The number of hydrogen-bond acceptors (Lipinski definition) is 1. The third-order valence-electron chi connectivity index (χ3n) is 2.14. The van der Waals surface area contributed by atoms with Crippen LogP contribution in [-0.2, 0) is 0 Å². The summed E-state index contributed by atoms with van der Waals surface area (Å²) in [4.78, 5) is 10.7. The molecule has 0 aromatic heterocycles. The molecule has 0 fully saturated rings. The van der Waals surface area contributed by atoms with E-state index in [1.54, 1.807) is 0 Å². The second kappa shape index (κ2) is 4.82. The maximum absolute atomic E-state index is 10.7. The summed E-state index contributed by atoms with van der Waals surface area (Å²) >= 11 is 6.99. The lowest BCUT2D eigenvalue weighted by Gasteiger charge is -2.06. The number of benzene rings is 2. The van der Waals surface area contributed by atoms with E-state index < -0.39 is 0 Å². The van der Waals surface area contributed by atoms with E-state index in [2.05, 4.69) is 73.8 Å². The molecular formula is C11H5I3O. The molecule has 0 atom stereocenters. The maximum Gasteiger partial charge on any atom is 0.150 e. The van der Waals surface area contributed by atoms with E-state index in [1.807, 2.05) is 18.2 Å². The van der Waals surface area contributed by atoms with Crippen LogP contribution in [0.5, 0.6) is 0 Å². The van der Waals surface area contributed by atoms with Crippen molar-refractivity contribution in [1.29, 1.82) is 0 Å². The zero-order chi connectivity index (χ0) is 11.0. The molecule has 0 N–H and O–H groups in total. The molecule has 0 aliphatic heterocycles. The van der Waals surface area contributed by atoms with Crippen molar-refractivity contribution in [3.63, 3.8) is 0 Å². The van der Waals surface area contributed by atoms with Gasteiger partial charge in [0.1, 0.15) is 6.29 Å². The van der Waals surface area contributed by atoms with E-state index in [-0.39, 0.29) is 0 Å². The number of carbonyl (C=O) groups excluding carboxylic acids is 1. The van der Waals surface area contributed by atoms with Gasteiger partial charge in [-0.2, -0.15) is 0 Å². The molecule has 0 spiro atoms. The van der Waals surface area contributed by atoms with Crippen molar-refractivity contribution in [1.82, 2.24) is 0 Å². The van der Waals surface area contributed by atoms with E-state index in [1.165, 1.54) is 16.1 Å². The van der Waals surface area contributed by atoms with Crippen LogP contribution in [0.3, 0.4) is 0 Å². The minimum Gasteiger partial charge on any atom is -0.298 e. The molecule has 2 aromatic rings. The van der Waals surface area contributed by atoms with Crippen LogP contribution in [0.2, 0.25) is 0 Å². The number of hydrogen-bond donors (Lipinski definition) is 0. The molecule has 0 heterocycles. The Morgan fingerprint density at radius 3 is 2.33 bits per heavy atom. The zero-order valence-corrected chi connectivity index (χ0v) is 13.9. The summed E-state index contributed by atoms with van der Waals surface area (Å²) in [7, 11) is 0. The van der Waals surface area contributed by atoms with Gasteiger partial charge in [0.15, 0.2) is 0 Å². The Hall–Kier alpha value is 0.560. The Labute approximate surface area is 128 Å². The van der Waals surface area contributed by atoms with Gasteiger partial charge < -0.3 is 0 Å². The number of fused-ring (bicyclic) bond motifs is 1. The highest BCUT2D eigenvalue weighted by molar-refractivity contribution is 14.1. The summed E-state index contributed by atoms with van der Waals surface area (Å²) in [5.41, 5.74) is 0.734. The van der Waals surface area contributed by atoms with Gasteiger partial charge in [0.05, 0.1) is 0 Å². The molecule has 0 amide bonds. The highest BCUT2D eigenvalue weighted by Gasteiger charge is 2.07. The van der Waals surface area contributed by atoms with Crippen molar-refractivity contribution in [2.24, 2.45) is 0 Å². The summed E-state index contributed by atoms with van der Waals surface area (Å²) in [5.74, 6) is 0. The molecule has 4 heteroatoms. The van der Waals surface area contributed by atoms with Crippen molar-refractivity contribution >= 4 is 84.8 Å². The second-order valence-electron chi connectivity index (χ2n) is 3.08. The van der Waals surface area contributed by atoms with Gasteiger partial charge in [-0.3, -0.25) is 4.79 Å². The molecule has 0 saturated heterocycles. The molecule has 0 bridgehead atoms. The van der Waals surface area contributed by atoms with Crippen LogP contribution in [0.4, 0.5) is 0 Å². The fourth-order valence-electron chi connectivity index (χ4n) is 1.41. The summed E-state index contributed by atoms with van der Waals surface area (Å²) in [6, 6.07) is 7.97. The highest BCUT2D eigenvalue weighted by atomic mass is 127. The summed E-state index contributed by atoms with van der Waals surface area (Å²) in [6.07, 6.45) is 0.889. The summed E-state index contributed by atoms with van der Waals surface area (Å²) in [5, 5.41) is 2.38. The lowest BCUT2D eigenvalue weighted by atomic mass is 10.1. The Bertz CT molecular complexity index is 549. The van der Waals surface area contributed by atoms with Crippen molar-refractivity contribution < 1.29 is 4.79 Å². The predicted octanol–water partition coefficient (Wildman–Crippen LogP) is 4.47. The first kappa shape index (κ1) is 12.0. The van der Waals surface area contributed by atoms with E-state index in [4.69, 9.17) is 0 Å². The zero-order valence-electron chi connectivity index (χ0n) is 7.43. The van der Waals surface area contributed by atoms with E-state index in [9.17, 15) is 4.79 Å². The average Bonchev–Trinajstić information content (AvgIpc) is 2.25. The third kappa shape index (κ3) is 2.31. The molecule has 1 nitrogen and oxygen atoms in total. The normalized spacial score (nSPS) is 10.6. The van der Waals surface area contributed by atoms with E-state index in [0.29, 0.717) is 0 Å². The van der Waals surface area contributed by atoms with Gasteiger partial charge in [0.2, 0.25) is 0 Å². The van der Waals surface area contributed by atoms with Gasteiger partial charge in [0, 0.05) is 16.3 Å². The van der Waals surface area contributed by atoms with Gasteiger partial charge in [-0.05, 0) is 90.7 Å². The van der Waals surface area contributed by atoms with Crippen LogP contribution < -0.4 is 0 Å². The Morgan fingerprint density at radius 1 is 0.933 bits per heavy atom. The van der Waals surface area contributed by atoms with Crippen molar-refractivity contribution in [3.8, 4) is 0 Å². The average molecular weight is 534 g/mol. The van der Waals surface area contributed by atoms with Crippen molar-refractivity contribution in [3.05, 3.63) is 40.5 Å². The standard InChI is InChI=1S/C11H5I3O/c12-9-4-10(13)11(14)7-2-1-6(5-15)3-8(7)9/h1-5H. The molecule has 0 unspecified atom stereocenters. The quantitative estimate of drug-likeness (QED) is 0.300. The second-order valence-corrected chi connectivity index (χ2v) is 6.48. The molecule has 0 aliphatic carbocycles. The molecule has 15 heavy (non-hydrogen) atoms. The number of halogens is 3. The SMILES string of the molecule is O=Cc1ccc2c(I)c(I)cc(I)c2c1. The molecule has 2 rings (SSSR count). The van der Waals surface area contributed by atoms with E-state index >= 15 is 0 Å². The smallest absolute Gasteiger partial charge is 0.150 e. The third-order valence-corrected chi connectivity index (χ3v) is 6.07. The van der Waals surface area contributed by atoms with Crippen LogP contribution in [0.1, 0.15) is 10.4 Å². The minimum atomic E-state index is 0.734. The summed E-state index contributed by atoms with van der Waals surface area (Å²) in [6.45, 7) is 0. The minimum absolute atomic E-state index is 0.734. The van der Waals surface area contributed by atoms with Crippen LogP contribution >= 0.6 is 67.8 Å². The van der Waals surface area contributed by atoms with Crippen molar-refractivity contribution in [2.75, 3.05) is 0 Å². The van der Waals surface area contributed by atoms with Gasteiger partial charge >= 0.3 is 0 Å². The number of carbonyl (C=O) groups is 1. The predicted molar refractivity (Wildman–Crippen MR) is 87.5 cm³/mol. The molecule has 0 aliphatic rings. The topological polar surface area (TPSA) is 17.1 Å². The van der Waals surface area contributed by atoms with Gasteiger partial charge in [-0.1, -0.05) is 12.1 Å². The Morgan fingerprint density at radius 2 is 1.67 bits per heavy atom. The highest BCUT2D eigenvalue weighted by Crippen LogP contribution is 2.30. The van der Waals surface area contributed by atoms with Crippen molar-refractivity contribution in [2.45, 2.75) is 0 Å². The first-order valence-electron chi connectivity index (χ1n) is 4.16. The molecule has 2 aromatic carbocycles. The first-order valence-corrected chi connectivity index (χ1v) is 7.39. The Balaban J connectivity index is 2.89. The van der Waals surface area contributed by atoms with Crippen LogP contribution in [0, 0.1) is 10.7 Å². The van der Waals surface area contributed by atoms with Crippen LogP contribution in [-0.4, -0.2) is 6.29 Å². The first-order chi connectivity index (χ1) is 7.13. The maximum atomic E-state index is 10.7. The summed E-state index contributed by atoms with van der Waals surface area (Å²) < 4.78 is 3.70. The van der Waals surface area contributed by atoms with Gasteiger partial charge in [0.25, 0.3) is 0 Å². The number of rotatable bonds is 1. The van der Waals surface area contributed by atoms with E-state index in [0.717, 1.165) is 17.2 Å². The van der Waals surface area contributed by atoms with Gasteiger partial charge in [-0.25, -0.2) is 0 Å². The van der Waals surface area contributed by atoms with Crippen LogP contribution in [0.15, 0.2) is 24.3 Å². The number of aldehydes is 1. The molecule has 0 saturated carbocycles. The lowest BCUT2D eigenvalue weighted by molar-refractivity contribution is 0.112. The lowest BCUT2D eigenvalue weighted by Crippen LogP contribution is -1.89.